The highest BCUT2D eigenvalue weighted by molar-refractivity contribution is 5.74. The Morgan fingerprint density at radius 3 is 2.68 bits per heavy atom. The number of carbonyl (C=O) groups is 1. The molecule has 2 rings (SSSR count). The molecule has 2 unspecified atom stereocenters. The average Bonchev–Trinajstić information content (AvgIpc) is 3.07. The lowest BCUT2D eigenvalue weighted by molar-refractivity contribution is 0.0336. The normalized spacial score (nSPS) is 22.4. The minimum Gasteiger partial charge on any atom is -0.389 e. The molecule has 0 heterocycles. The molecule has 19 heavy (non-hydrogen) atoms. The Balaban J connectivity index is 1.49. The van der Waals surface area contributed by atoms with E-state index in [-0.39, 0.29) is 18.6 Å². The number of aliphatic hydroxyl groups excluding tert-OH is 1. The minimum atomic E-state index is -0.622. The topological polar surface area (TPSA) is 70.6 Å². The van der Waals surface area contributed by atoms with E-state index >= 15 is 0 Å². The fraction of sp³-hybridized carbons (Fsp3) is 0.929. The molecule has 0 spiro atoms. The lowest BCUT2D eigenvalue weighted by atomic mass is 9.80. The first-order valence-electron chi connectivity index (χ1n) is 7.45. The Morgan fingerprint density at radius 2 is 2.11 bits per heavy atom. The van der Waals surface area contributed by atoms with E-state index in [1.54, 1.807) is 0 Å². The van der Waals surface area contributed by atoms with Gasteiger partial charge in [-0.3, -0.25) is 0 Å². The molecule has 5 heteroatoms. The van der Waals surface area contributed by atoms with Crippen molar-refractivity contribution >= 4 is 6.03 Å². The number of amides is 2. The van der Waals surface area contributed by atoms with Crippen molar-refractivity contribution in [2.75, 3.05) is 19.8 Å². The second-order valence-corrected chi connectivity index (χ2v) is 5.97. The van der Waals surface area contributed by atoms with Crippen LogP contribution in [0.1, 0.15) is 39.0 Å². The van der Waals surface area contributed by atoms with Gasteiger partial charge in [0.05, 0.1) is 12.7 Å². The molecule has 0 aromatic heterocycles. The summed E-state index contributed by atoms with van der Waals surface area (Å²) in [4.78, 5) is 11.6. The molecular weight excluding hydrogens is 244 g/mol. The highest BCUT2D eigenvalue weighted by atomic mass is 16.5. The van der Waals surface area contributed by atoms with Crippen molar-refractivity contribution in [3.05, 3.63) is 0 Å². The van der Waals surface area contributed by atoms with Gasteiger partial charge in [-0.2, -0.15) is 0 Å². The number of rotatable bonds is 8. The number of aliphatic hydroxyl groups is 1. The van der Waals surface area contributed by atoms with Gasteiger partial charge in [0.15, 0.2) is 0 Å². The number of hydrogen-bond donors (Lipinski definition) is 3. The van der Waals surface area contributed by atoms with Gasteiger partial charge in [-0.15, -0.1) is 0 Å². The molecule has 3 N–H and O–H groups in total. The van der Waals surface area contributed by atoms with Crippen LogP contribution < -0.4 is 10.6 Å². The molecule has 0 aromatic carbocycles. The van der Waals surface area contributed by atoms with Crippen LogP contribution in [0.15, 0.2) is 0 Å². The summed E-state index contributed by atoms with van der Waals surface area (Å²) >= 11 is 0. The van der Waals surface area contributed by atoms with Gasteiger partial charge in [0.1, 0.15) is 0 Å². The van der Waals surface area contributed by atoms with Crippen LogP contribution in [0.4, 0.5) is 4.79 Å². The molecule has 2 fully saturated rings. The van der Waals surface area contributed by atoms with Gasteiger partial charge in [-0.1, -0.05) is 6.42 Å². The molecule has 2 amide bonds. The molecule has 0 aromatic rings. The first-order valence-corrected chi connectivity index (χ1v) is 7.45. The number of urea groups is 1. The van der Waals surface area contributed by atoms with Crippen molar-refractivity contribution in [3.8, 4) is 0 Å². The van der Waals surface area contributed by atoms with E-state index in [1.165, 1.54) is 32.1 Å². The lowest BCUT2D eigenvalue weighted by Crippen LogP contribution is -2.47. The highest BCUT2D eigenvalue weighted by Crippen LogP contribution is 2.29. The first-order chi connectivity index (χ1) is 9.15. The van der Waals surface area contributed by atoms with Gasteiger partial charge in [-0.05, 0) is 44.4 Å². The van der Waals surface area contributed by atoms with Crippen molar-refractivity contribution < 1.29 is 14.6 Å². The lowest BCUT2D eigenvalue weighted by Gasteiger charge is -2.31. The van der Waals surface area contributed by atoms with Crippen LogP contribution in [-0.4, -0.2) is 43.0 Å². The summed E-state index contributed by atoms with van der Waals surface area (Å²) in [5.74, 6) is 1.32. The van der Waals surface area contributed by atoms with Crippen molar-refractivity contribution in [1.29, 1.82) is 0 Å². The molecule has 0 bridgehead atoms. The maximum absolute atomic E-state index is 11.6. The smallest absolute Gasteiger partial charge is 0.315 e. The summed E-state index contributed by atoms with van der Waals surface area (Å²) < 4.78 is 5.38. The Kier molecular flexibility index (Phi) is 5.45. The van der Waals surface area contributed by atoms with Gasteiger partial charge in [-0.25, -0.2) is 4.79 Å². The largest absolute Gasteiger partial charge is 0.389 e. The third-order valence-corrected chi connectivity index (χ3v) is 4.07. The van der Waals surface area contributed by atoms with E-state index in [0.717, 1.165) is 6.61 Å². The Labute approximate surface area is 115 Å². The molecule has 5 nitrogen and oxygen atoms in total. The second kappa shape index (κ2) is 7.10. The molecule has 110 valence electrons. The van der Waals surface area contributed by atoms with Crippen molar-refractivity contribution in [2.24, 2.45) is 11.8 Å². The SMILES string of the molecule is CC(NC(=O)NCC(O)COCC1CC1)C1CCC1. The van der Waals surface area contributed by atoms with E-state index in [1.807, 2.05) is 6.92 Å². The number of ether oxygens (including phenoxy) is 1. The van der Waals surface area contributed by atoms with Crippen LogP contribution in [0.5, 0.6) is 0 Å². The third kappa shape index (κ3) is 5.37. The Morgan fingerprint density at radius 1 is 1.37 bits per heavy atom. The summed E-state index contributed by atoms with van der Waals surface area (Å²) in [5, 5.41) is 15.3. The molecule has 0 saturated heterocycles. The van der Waals surface area contributed by atoms with Crippen molar-refractivity contribution in [3.63, 3.8) is 0 Å². The number of nitrogens with one attached hydrogen (secondary N) is 2. The summed E-state index contributed by atoms with van der Waals surface area (Å²) in [7, 11) is 0. The molecule has 2 aliphatic rings. The standard InChI is InChI=1S/C14H26N2O3/c1-10(12-3-2-4-12)16-14(18)15-7-13(17)9-19-8-11-5-6-11/h10-13,17H,2-9H2,1H3,(H2,15,16,18). The van der Waals surface area contributed by atoms with Crippen molar-refractivity contribution in [1.82, 2.24) is 10.6 Å². The molecular formula is C14H26N2O3. The van der Waals surface area contributed by atoms with Crippen LogP contribution in [0.25, 0.3) is 0 Å². The molecule has 2 saturated carbocycles. The Hall–Kier alpha value is -0.810. The van der Waals surface area contributed by atoms with E-state index in [9.17, 15) is 9.90 Å². The van der Waals surface area contributed by atoms with Crippen LogP contribution in [-0.2, 0) is 4.74 Å². The van der Waals surface area contributed by atoms with Gasteiger partial charge in [0.2, 0.25) is 0 Å². The first kappa shape index (κ1) is 14.6. The third-order valence-electron chi connectivity index (χ3n) is 4.07. The summed E-state index contributed by atoms with van der Waals surface area (Å²) in [6, 6.07) is 0.0256. The molecule has 2 aliphatic carbocycles. The maximum Gasteiger partial charge on any atom is 0.315 e. The fourth-order valence-corrected chi connectivity index (χ4v) is 2.24. The van der Waals surface area contributed by atoms with Gasteiger partial charge in [0.25, 0.3) is 0 Å². The van der Waals surface area contributed by atoms with Crippen LogP contribution in [0.2, 0.25) is 0 Å². The molecule has 0 aliphatic heterocycles. The molecule has 0 radical (unpaired) electrons. The van der Waals surface area contributed by atoms with E-state index < -0.39 is 6.10 Å². The highest BCUT2D eigenvalue weighted by Gasteiger charge is 2.25. The van der Waals surface area contributed by atoms with Gasteiger partial charge < -0.3 is 20.5 Å². The summed E-state index contributed by atoms with van der Waals surface area (Å²) in [5.41, 5.74) is 0. The zero-order valence-electron chi connectivity index (χ0n) is 11.7. The minimum absolute atomic E-state index is 0.194. The number of carbonyl (C=O) groups excluding carboxylic acids is 1. The average molecular weight is 270 g/mol. The van der Waals surface area contributed by atoms with Gasteiger partial charge in [0, 0.05) is 19.2 Å². The summed E-state index contributed by atoms with van der Waals surface area (Å²) in [6.45, 7) is 3.32. The Bertz CT molecular complexity index is 290. The second-order valence-electron chi connectivity index (χ2n) is 5.97. The zero-order chi connectivity index (χ0) is 13.7. The zero-order valence-corrected chi connectivity index (χ0v) is 11.7. The van der Waals surface area contributed by atoms with E-state index in [4.69, 9.17) is 4.74 Å². The predicted molar refractivity (Wildman–Crippen MR) is 72.9 cm³/mol. The van der Waals surface area contributed by atoms with Crippen LogP contribution in [0.3, 0.4) is 0 Å². The predicted octanol–water partition coefficient (Wildman–Crippen LogP) is 1.26. The van der Waals surface area contributed by atoms with E-state index in [2.05, 4.69) is 10.6 Å². The molecule has 2 atom stereocenters. The maximum atomic E-state index is 11.6. The summed E-state index contributed by atoms with van der Waals surface area (Å²) in [6.07, 6.45) is 5.56. The fourth-order valence-electron chi connectivity index (χ4n) is 2.24. The van der Waals surface area contributed by atoms with Crippen LogP contribution in [0, 0.1) is 11.8 Å². The van der Waals surface area contributed by atoms with E-state index in [0.29, 0.717) is 18.4 Å². The number of hydrogen-bond acceptors (Lipinski definition) is 3. The monoisotopic (exact) mass is 270 g/mol. The van der Waals surface area contributed by atoms with Crippen molar-refractivity contribution in [2.45, 2.75) is 51.2 Å². The quantitative estimate of drug-likeness (QED) is 0.622. The van der Waals surface area contributed by atoms with Gasteiger partial charge >= 0.3 is 6.03 Å². The van der Waals surface area contributed by atoms with Crippen LogP contribution >= 0.6 is 0 Å².